The molecule has 0 fully saturated rings. The average Bonchev–Trinajstić information content (AvgIpc) is 3.22. The van der Waals surface area contributed by atoms with E-state index in [4.69, 9.17) is 9.26 Å². The van der Waals surface area contributed by atoms with Gasteiger partial charge in [-0.3, -0.25) is 14.9 Å². The molecule has 0 saturated heterocycles. The zero-order valence-corrected chi connectivity index (χ0v) is 17.9. The van der Waals surface area contributed by atoms with Crippen LogP contribution in [-0.2, 0) is 9.59 Å². The van der Waals surface area contributed by atoms with Crippen molar-refractivity contribution >= 4 is 23.4 Å². The van der Waals surface area contributed by atoms with Gasteiger partial charge in [-0.2, -0.15) is 0 Å². The van der Waals surface area contributed by atoms with Gasteiger partial charge in [-0.05, 0) is 38.1 Å². The van der Waals surface area contributed by atoms with Crippen molar-refractivity contribution in [3.05, 3.63) is 60.2 Å². The third-order valence-corrected chi connectivity index (χ3v) is 4.81. The fourth-order valence-electron chi connectivity index (χ4n) is 3.02. The molecule has 31 heavy (non-hydrogen) atoms. The maximum Gasteiger partial charge on any atom is 0.281 e. The first kappa shape index (κ1) is 22.0. The van der Waals surface area contributed by atoms with E-state index in [0.717, 1.165) is 16.0 Å². The van der Waals surface area contributed by atoms with Crippen molar-refractivity contribution in [3.63, 3.8) is 0 Å². The van der Waals surface area contributed by atoms with Crippen LogP contribution in [0.15, 0.2) is 59.1 Å². The summed E-state index contributed by atoms with van der Waals surface area (Å²) in [5.74, 6) is 0.573. The molecule has 3 rings (SSSR count). The van der Waals surface area contributed by atoms with Crippen LogP contribution < -0.4 is 20.3 Å². The summed E-state index contributed by atoms with van der Waals surface area (Å²) in [6.45, 7) is 4.85. The van der Waals surface area contributed by atoms with E-state index in [1.165, 1.54) is 0 Å². The van der Waals surface area contributed by atoms with Gasteiger partial charge in [0.15, 0.2) is 13.1 Å². The van der Waals surface area contributed by atoms with Gasteiger partial charge >= 0.3 is 0 Å². The minimum absolute atomic E-state index is 0.132. The minimum Gasteiger partial charge on any atom is -0.497 e. The van der Waals surface area contributed by atoms with Gasteiger partial charge in [-0.25, -0.2) is 0 Å². The van der Waals surface area contributed by atoms with Crippen molar-refractivity contribution < 1.29 is 23.7 Å². The quantitative estimate of drug-likeness (QED) is 0.490. The van der Waals surface area contributed by atoms with E-state index in [1.54, 1.807) is 37.4 Å². The Kier molecular flexibility index (Phi) is 7.40. The second-order valence-electron chi connectivity index (χ2n) is 7.22. The van der Waals surface area contributed by atoms with Crippen LogP contribution in [0.2, 0.25) is 0 Å². The van der Waals surface area contributed by atoms with Crippen molar-refractivity contribution in [1.82, 2.24) is 5.16 Å². The van der Waals surface area contributed by atoms with Gasteiger partial charge in [0.05, 0.1) is 13.7 Å². The van der Waals surface area contributed by atoms with E-state index >= 15 is 0 Å². The largest absolute Gasteiger partial charge is 0.497 e. The number of carbonyl (C=O) groups excluding carboxylic acids is 2. The summed E-state index contributed by atoms with van der Waals surface area (Å²) >= 11 is 0. The third kappa shape index (κ3) is 6.42. The molecule has 0 aliphatic heterocycles. The van der Waals surface area contributed by atoms with Gasteiger partial charge in [-0.15, -0.1) is 0 Å². The zero-order chi connectivity index (χ0) is 22.2. The molecule has 2 aromatic carbocycles. The van der Waals surface area contributed by atoms with Crippen LogP contribution in [-0.4, -0.2) is 43.7 Å². The predicted octanol–water partition coefficient (Wildman–Crippen LogP) is 2.14. The number of aryl methyl sites for hydroxylation is 1. The molecule has 0 aliphatic carbocycles. The Morgan fingerprint density at radius 2 is 1.65 bits per heavy atom. The Morgan fingerprint density at radius 1 is 1.00 bits per heavy atom. The molecule has 3 N–H and O–H groups in total. The first-order chi connectivity index (χ1) is 15.0. The molecule has 1 heterocycles. The van der Waals surface area contributed by atoms with Crippen LogP contribution in [0.3, 0.4) is 0 Å². The molecule has 1 atom stereocenters. The number of ether oxygens (including phenoxy) is 1. The second kappa shape index (κ2) is 10.4. The highest BCUT2D eigenvalue weighted by molar-refractivity contribution is 5.92. The first-order valence-electron chi connectivity index (χ1n) is 10.1. The zero-order valence-electron chi connectivity index (χ0n) is 17.9. The van der Waals surface area contributed by atoms with Crippen LogP contribution in [0, 0.1) is 6.92 Å². The molecule has 8 nitrogen and oxygen atoms in total. The average molecular weight is 423 g/mol. The number of nitrogens with one attached hydrogen (secondary N) is 3. The smallest absolute Gasteiger partial charge is 0.281 e. The minimum atomic E-state index is -0.249. The number of quaternary nitrogens is 1. The number of methoxy groups -OCH3 is 1. The fraction of sp³-hybridized carbons (Fsp3) is 0.261. The molecule has 162 valence electrons. The maximum atomic E-state index is 12.4. The second-order valence-corrected chi connectivity index (χ2v) is 7.22. The standard InChI is InChI=1S/C23H26N4O4/c1-4-27(14-21(28)24-18-9-11-19(30-3)12-10-18)15-22(29)25-23-13-20(26-31-23)17-7-5-16(2)6-8-17/h5-13H,4,14-15H2,1-3H3,(H,24,28)(H,25,29)/p+1. The van der Waals surface area contributed by atoms with Gasteiger partial charge < -0.3 is 19.5 Å². The molecule has 2 amide bonds. The molecule has 1 aromatic heterocycles. The third-order valence-electron chi connectivity index (χ3n) is 4.81. The lowest BCUT2D eigenvalue weighted by Gasteiger charge is -2.16. The topological polar surface area (TPSA) is 97.9 Å². The number of anilines is 2. The summed E-state index contributed by atoms with van der Waals surface area (Å²) in [5.41, 5.74) is 3.38. The van der Waals surface area contributed by atoms with E-state index in [-0.39, 0.29) is 30.8 Å². The number of amides is 2. The first-order valence-corrected chi connectivity index (χ1v) is 10.1. The number of hydrogen-bond acceptors (Lipinski definition) is 5. The fourth-order valence-corrected chi connectivity index (χ4v) is 3.02. The molecule has 0 radical (unpaired) electrons. The van der Waals surface area contributed by atoms with E-state index < -0.39 is 0 Å². The van der Waals surface area contributed by atoms with Crippen molar-refractivity contribution in [3.8, 4) is 17.0 Å². The number of hydrogen-bond donors (Lipinski definition) is 3. The van der Waals surface area contributed by atoms with Crippen molar-refractivity contribution in [2.24, 2.45) is 0 Å². The highest BCUT2D eigenvalue weighted by Gasteiger charge is 2.18. The van der Waals surface area contributed by atoms with E-state index in [1.807, 2.05) is 38.1 Å². The van der Waals surface area contributed by atoms with E-state index in [0.29, 0.717) is 23.7 Å². The summed E-state index contributed by atoms with van der Waals surface area (Å²) in [5, 5.41) is 9.55. The van der Waals surface area contributed by atoms with Crippen molar-refractivity contribution in [2.45, 2.75) is 13.8 Å². The Balaban J connectivity index is 1.51. The Morgan fingerprint density at radius 3 is 2.26 bits per heavy atom. The normalized spacial score (nSPS) is 11.6. The Labute approximate surface area is 181 Å². The number of rotatable bonds is 9. The summed E-state index contributed by atoms with van der Waals surface area (Å²) in [6, 6.07) is 16.6. The number of carbonyl (C=O) groups is 2. The van der Waals surface area contributed by atoms with Crippen LogP contribution in [0.4, 0.5) is 11.6 Å². The van der Waals surface area contributed by atoms with E-state index in [2.05, 4.69) is 15.8 Å². The highest BCUT2D eigenvalue weighted by Crippen LogP contribution is 2.21. The van der Waals surface area contributed by atoms with Crippen molar-refractivity contribution in [1.29, 1.82) is 0 Å². The number of likely N-dealkylation sites (N-methyl/N-ethyl adjacent to an activating group) is 1. The van der Waals surface area contributed by atoms with Gasteiger partial charge in [-0.1, -0.05) is 35.0 Å². The van der Waals surface area contributed by atoms with Gasteiger partial charge in [0.25, 0.3) is 11.8 Å². The molecule has 0 saturated carbocycles. The van der Waals surface area contributed by atoms with Gasteiger partial charge in [0.2, 0.25) is 5.88 Å². The Hall–Kier alpha value is -3.65. The molecule has 0 bridgehead atoms. The van der Waals surface area contributed by atoms with Crippen molar-refractivity contribution in [2.75, 3.05) is 37.4 Å². The lowest BCUT2D eigenvalue weighted by Crippen LogP contribution is -3.13. The lowest BCUT2D eigenvalue weighted by molar-refractivity contribution is -0.881. The number of nitrogens with zero attached hydrogens (tertiary/aromatic N) is 1. The lowest BCUT2D eigenvalue weighted by atomic mass is 10.1. The summed E-state index contributed by atoms with van der Waals surface area (Å²) in [7, 11) is 1.59. The molecular weight excluding hydrogens is 396 g/mol. The summed E-state index contributed by atoms with van der Waals surface area (Å²) in [6.07, 6.45) is 0. The number of benzene rings is 2. The van der Waals surface area contributed by atoms with Crippen LogP contribution >= 0.6 is 0 Å². The summed E-state index contributed by atoms with van der Waals surface area (Å²) in [4.78, 5) is 25.6. The van der Waals surface area contributed by atoms with Crippen LogP contribution in [0.25, 0.3) is 11.3 Å². The SMILES string of the molecule is CC[NH+](CC(=O)Nc1ccc(OC)cc1)CC(=O)Nc1cc(-c2ccc(C)cc2)no1. The van der Waals surface area contributed by atoms with Gasteiger partial charge in [0, 0.05) is 17.3 Å². The number of aromatic nitrogens is 1. The van der Waals surface area contributed by atoms with Crippen LogP contribution in [0.5, 0.6) is 5.75 Å². The van der Waals surface area contributed by atoms with Gasteiger partial charge in [0.1, 0.15) is 11.4 Å². The van der Waals surface area contributed by atoms with E-state index in [9.17, 15) is 9.59 Å². The predicted molar refractivity (Wildman–Crippen MR) is 118 cm³/mol. The Bertz CT molecular complexity index is 1010. The van der Waals surface area contributed by atoms with Crippen LogP contribution in [0.1, 0.15) is 12.5 Å². The highest BCUT2D eigenvalue weighted by atomic mass is 16.5. The maximum absolute atomic E-state index is 12.4. The molecule has 0 spiro atoms. The molecule has 1 unspecified atom stereocenters. The molecule has 3 aromatic rings. The molecule has 0 aliphatic rings. The monoisotopic (exact) mass is 423 g/mol. The molecular formula is C23H27N4O4+. The summed E-state index contributed by atoms with van der Waals surface area (Å²) < 4.78 is 10.3. The molecule has 8 heteroatoms.